The Morgan fingerprint density at radius 1 is 1.30 bits per heavy atom. The van der Waals surface area contributed by atoms with Crippen molar-refractivity contribution in [2.24, 2.45) is 5.92 Å². The molecule has 1 N–H and O–H groups in total. The minimum atomic E-state index is -0.775. The second-order valence-corrected chi connectivity index (χ2v) is 6.02. The fourth-order valence-electron chi connectivity index (χ4n) is 3.12. The zero-order chi connectivity index (χ0) is 16.2. The van der Waals surface area contributed by atoms with E-state index in [2.05, 4.69) is 10.3 Å². The first kappa shape index (κ1) is 15.5. The van der Waals surface area contributed by atoms with Crippen LogP contribution in [0.5, 0.6) is 0 Å². The lowest BCUT2D eigenvalue weighted by molar-refractivity contribution is -0.137. The summed E-state index contributed by atoms with van der Waals surface area (Å²) in [5.74, 6) is -0.487. The fraction of sp³-hybridized carbons (Fsp3) is 0.500. The van der Waals surface area contributed by atoms with Crippen molar-refractivity contribution in [3.8, 4) is 0 Å². The zero-order valence-corrected chi connectivity index (χ0v) is 12.9. The number of aliphatic carboxylic acids is 1. The lowest BCUT2D eigenvalue weighted by Crippen LogP contribution is -2.41. The number of fused-ring (bicyclic) bond motifs is 1. The molecule has 7 heteroatoms. The number of hydrogen-bond acceptors (Lipinski definition) is 4. The van der Waals surface area contributed by atoms with E-state index >= 15 is 0 Å². The molecule has 1 aliphatic heterocycles. The third-order valence-electron chi connectivity index (χ3n) is 4.34. The zero-order valence-electron chi connectivity index (χ0n) is 12.9. The van der Waals surface area contributed by atoms with Gasteiger partial charge in [-0.05, 0) is 37.3 Å². The van der Waals surface area contributed by atoms with Crippen LogP contribution in [0.4, 0.5) is 0 Å². The van der Waals surface area contributed by atoms with E-state index in [0.717, 1.165) is 30.4 Å². The van der Waals surface area contributed by atoms with Gasteiger partial charge in [0.05, 0.1) is 5.52 Å². The van der Waals surface area contributed by atoms with Crippen molar-refractivity contribution in [1.82, 2.24) is 19.9 Å². The number of rotatable bonds is 5. The van der Waals surface area contributed by atoms with Gasteiger partial charge in [-0.1, -0.05) is 17.3 Å². The van der Waals surface area contributed by atoms with E-state index in [9.17, 15) is 9.59 Å². The summed E-state index contributed by atoms with van der Waals surface area (Å²) in [4.78, 5) is 25.0. The van der Waals surface area contributed by atoms with Crippen molar-refractivity contribution in [3.63, 3.8) is 0 Å². The molecule has 7 nitrogen and oxygen atoms in total. The summed E-state index contributed by atoms with van der Waals surface area (Å²) in [7, 11) is 0. The van der Waals surface area contributed by atoms with Crippen LogP contribution in [0, 0.1) is 5.92 Å². The molecule has 1 saturated heterocycles. The molecular weight excluding hydrogens is 296 g/mol. The van der Waals surface area contributed by atoms with Gasteiger partial charge in [-0.3, -0.25) is 9.59 Å². The van der Waals surface area contributed by atoms with Gasteiger partial charge in [-0.2, -0.15) is 0 Å². The summed E-state index contributed by atoms with van der Waals surface area (Å²) < 4.78 is 1.62. The van der Waals surface area contributed by atoms with E-state index in [0.29, 0.717) is 13.0 Å². The highest BCUT2D eigenvalue weighted by Crippen LogP contribution is 2.21. The highest BCUT2D eigenvalue weighted by atomic mass is 16.4. The number of likely N-dealkylation sites (tertiary alicyclic amines) is 1. The van der Waals surface area contributed by atoms with Crippen LogP contribution in [-0.2, 0) is 16.1 Å². The Kier molecular flexibility index (Phi) is 4.55. The molecule has 3 rings (SSSR count). The number of hydrogen-bond donors (Lipinski definition) is 1. The van der Waals surface area contributed by atoms with Crippen LogP contribution >= 0.6 is 0 Å². The highest BCUT2D eigenvalue weighted by molar-refractivity contribution is 5.79. The van der Waals surface area contributed by atoms with Gasteiger partial charge in [0.2, 0.25) is 5.91 Å². The Bertz CT molecular complexity index is 712. The van der Waals surface area contributed by atoms with Gasteiger partial charge in [-0.15, -0.1) is 5.10 Å². The van der Waals surface area contributed by atoms with Crippen molar-refractivity contribution in [1.29, 1.82) is 0 Å². The average Bonchev–Trinajstić information content (AvgIpc) is 2.96. The van der Waals surface area contributed by atoms with Gasteiger partial charge < -0.3 is 10.0 Å². The van der Waals surface area contributed by atoms with E-state index in [1.807, 2.05) is 29.2 Å². The SMILES string of the molecule is O=C(O)CCC1CCCN(C(=O)Cn2nnc3ccccc32)C1. The maximum absolute atomic E-state index is 12.5. The smallest absolute Gasteiger partial charge is 0.303 e. The Morgan fingerprint density at radius 2 is 2.13 bits per heavy atom. The van der Waals surface area contributed by atoms with Gasteiger partial charge in [0.15, 0.2) is 0 Å². The second-order valence-electron chi connectivity index (χ2n) is 6.02. The van der Waals surface area contributed by atoms with Gasteiger partial charge in [0, 0.05) is 19.5 Å². The number of aromatic nitrogens is 3. The molecule has 0 bridgehead atoms. The minimum Gasteiger partial charge on any atom is -0.481 e. The molecule has 0 saturated carbocycles. The van der Waals surface area contributed by atoms with Gasteiger partial charge >= 0.3 is 5.97 Å². The van der Waals surface area contributed by atoms with E-state index in [1.54, 1.807) is 4.68 Å². The normalized spacial score (nSPS) is 18.3. The molecule has 1 aliphatic rings. The van der Waals surface area contributed by atoms with Gasteiger partial charge in [0.1, 0.15) is 12.1 Å². The monoisotopic (exact) mass is 316 g/mol. The molecule has 1 fully saturated rings. The van der Waals surface area contributed by atoms with Crippen molar-refractivity contribution >= 4 is 22.9 Å². The first-order chi connectivity index (χ1) is 11.1. The predicted octanol–water partition coefficient (Wildman–Crippen LogP) is 1.53. The van der Waals surface area contributed by atoms with E-state index in [4.69, 9.17) is 5.11 Å². The first-order valence-electron chi connectivity index (χ1n) is 7.91. The molecule has 1 aromatic carbocycles. The number of carbonyl (C=O) groups excluding carboxylic acids is 1. The topological polar surface area (TPSA) is 88.3 Å². The molecule has 1 amide bonds. The molecule has 0 aliphatic carbocycles. The minimum absolute atomic E-state index is 0.0145. The third kappa shape index (κ3) is 3.67. The van der Waals surface area contributed by atoms with Gasteiger partial charge in [-0.25, -0.2) is 4.68 Å². The van der Waals surface area contributed by atoms with Crippen LogP contribution in [0.1, 0.15) is 25.7 Å². The predicted molar refractivity (Wildman–Crippen MR) is 83.7 cm³/mol. The first-order valence-corrected chi connectivity index (χ1v) is 7.91. The van der Waals surface area contributed by atoms with E-state index in [1.165, 1.54) is 0 Å². The van der Waals surface area contributed by atoms with E-state index in [-0.39, 0.29) is 24.8 Å². The average molecular weight is 316 g/mol. The Labute approximate surface area is 133 Å². The van der Waals surface area contributed by atoms with E-state index < -0.39 is 5.97 Å². The largest absolute Gasteiger partial charge is 0.481 e. The molecule has 122 valence electrons. The summed E-state index contributed by atoms with van der Waals surface area (Å²) in [5.41, 5.74) is 1.62. The van der Waals surface area contributed by atoms with Crippen LogP contribution in [0.2, 0.25) is 0 Å². The molecule has 2 aromatic rings. The highest BCUT2D eigenvalue weighted by Gasteiger charge is 2.24. The lowest BCUT2D eigenvalue weighted by Gasteiger charge is -2.32. The summed E-state index contributed by atoms with van der Waals surface area (Å²) in [6.45, 7) is 1.54. The van der Waals surface area contributed by atoms with Crippen LogP contribution in [0.25, 0.3) is 11.0 Å². The molecule has 2 heterocycles. The fourth-order valence-corrected chi connectivity index (χ4v) is 3.12. The molecule has 0 spiro atoms. The summed E-state index contributed by atoms with van der Waals surface area (Å²) in [6.07, 6.45) is 2.71. The molecule has 1 aromatic heterocycles. The Morgan fingerprint density at radius 3 is 2.96 bits per heavy atom. The molecule has 23 heavy (non-hydrogen) atoms. The third-order valence-corrected chi connectivity index (χ3v) is 4.34. The number of benzene rings is 1. The quantitative estimate of drug-likeness (QED) is 0.904. The van der Waals surface area contributed by atoms with Crippen molar-refractivity contribution < 1.29 is 14.7 Å². The lowest BCUT2D eigenvalue weighted by atomic mass is 9.93. The number of amides is 1. The van der Waals surface area contributed by atoms with Crippen molar-refractivity contribution in [2.75, 3.05) is 13.1 Å². The maximum atomic E-state index is 12.5. The van der Waals surface area contributed by atoms with Crippen molar-refractivity contribution in [3.05, 3.63) is 24.3 Å². The number of carboxylic acid groups (broad SMARTS) is 1. The number of carbonyl (C=O) groups is 2. The second kappa shape index (κ2) is 6.76. The van der Waals surface area contributed by atoms with Crippen LogP contribution in [0.3, 0.4) is 0 Å². The summed E-state index contributed by atoms with van der Waals surface area (Å²) >= 11 is 0. The Balaban J connectivity index is 1.62. The molecule has 1 atom stereocenters. The molecule has 0 radical (unpaired) electrons. The summed E-state index contributed by atoms with van der Waals surface area (Å²) in [5, 5.41) is 16.9. The molecule has 1 unspecified atom stereocenters. The van der Waals surface area contributed by atoms with Crippen molar-refractivity contribution in [2.45, 2.75) is 32.2 Å². The van der Waals surface area contributed by atoms with Gasteiger partial charge in [0.25, 0.3) is 0 Å². The standard InChI is InChI=1S/C16H20N4O3/c21-15(11-20-14-6-2-1-5-13(14)17-18-20)19-9-3-4-12(10-19)7-8-16(22)23/h1-2,5-6,12H,3-4,7-11H2,(H,22,23). The van der Waals surface area contributed by atoms with Crippen LogP contribution < -0.4 is 0 Å². The van der Waals surface area contributed by atoms with Crippen LogP contribution in [-0.4, -0.2) is 50.0 Å². The van der Waals surface area contributed by atoms with Crippen LogP contribution in [0.15, 0.2) is 24.3 Å². The maximum Gasteiger partial charge on any atom is 0.303 e. The Hall–Kier alpha value is -2.44. The number of nitrogens with zero attached hydrogens (tertiary/aromatic N) is 4. The number of carboxylic acids is 1. The number of piperidine rings is 1. The molecular formula is C16H20N4O3. The number of para-hydroxylation sites is 1. The summed E-state index contributed by atoms with van der Waals surface area (Å²) in [6, 6.07) is 7.55.